The summed E-state index contributed by atoms with van der Waals surface area (Å²) in [6.07, 6.45) is 0. The minimum Gasteiger partial charge on any atom is -0.591 e. The molecule has 0 aromatic heterocycles. The van der Waals surface area contributed by atoms with E-state index in [1.807, 2.05) is 0 Å². The normalized spacial score (nSPS) is 11.7. The van der Waals surface area contributed by atoms with Gasteiger partial charge in [-0.05, 0) is 0 Å². The molecule has 0 aromatic rings. The second-order valence-electron chi connectivity index (χ2n) is 1.90. The van der Waals surface area contributed by atoms with E-state index in [1.165, 1.54) is 0 Å². The second-order valence-corrected chi connectivity index (χ2v) is 4.99. The van der Waals surface area contributed by atoms with Gasteiger partial charge in [0.15, 0.2) is 0 Å². The molecule has 0 fully saturated rings. The molecule has 0 bridgehead atoms. The van der Waals surface area contributed by atoms with Crippen molar-refractivity contribution in [2.24, 2.45) is 0 Å². The number of aliphatic hydroxyl groups excluding tert-OH is 3. The van der Waals surface area contributed by atoms with Crippen molar-refractivity contribution in [1.29, 1.82) is 0 Å². The average Bonchev–Trinajstić information content (AvgIpc) is 2.18. The third-order valence-corrected chi connectivity index (χ3v) is 1.70. The zero-order chi connectivity index (χ0) is 15.5. The summed E-state index contributed by atoms with van der Waals surface area (Å²) in [7, 11) is -9.15. The summed E-state index contributed by atoms with van der Waals surface area (Å²) in [6.45, 7) is 0. The Kier molecular flexibility index (Phi) is 24.1. The first-order chi connectivity index (χ1) is 7.93. The molecule has 12 nitrogen and oxygen atoms in total. The van der Waals surface area contributed by atoms with Gasteiger partial charge in [0.25, 0.3) is 0 Å². The summed E-state index contributed by atoms with van der Waals surface area (Å²) in [5.74, 6) is 0. The summed E-state index contributed by atoms with van der Waals surface area (Å²) in [6, 6.07) is -6.58. The Morgan fingerprint density at radius 1 is 0.579 bits per heavy atom. The van der Waals surface area contributed by atoms with Crippen LogP contribution in [-0.4, -0.2) is 66.1 Å². The van der Waals surface area contributed by atoms with Gasteiger partial charge in [-0.15, -0.1) is 0 Å². The average molecular weight is 357 g/mol. The van der Waals surface area contributed by atoms with Crippen molar-refractivity contribution >= 4 is 41.4 Å². The van der Waals surface area contributed by atoms with E-state index in [0.717, 1.165) is 0 Å². The Hall–Kier alpha value is 0.472. The van der Waals surface area contributed by atoms with Crippen molar-refractivity contribution in [3.63, 3.8) is 0 Å². The summed E-state index contributed by atoms with van der Waals surface area (Å²) in [5, 5.41) is 45.5. The first-order valence-electron chi connectivity index (χ1n) is 3.42. The van der Waals surface area contributed by atoms with Gasteiger partial charge >= 0.3 is 59.5 Å². The van der Waals surface area contributed by atoms with Gasteiger partial charge in [-0.2, -0.15) is 0 Å². The summed E-state index contributed by atoms with van der Waals surface area (Å²) in [4.78, 5) is 27.7. The fourth-order valence-corrected chi connectivity index (χ4v) is 0. The van der Waals surface area contributed by atoms with Crippen LogP contribution < -0.4 is 14.7 Å². The van der Waals surface area contributed by atoms with Crippen LogP contribution in [0.2, 0.25) is 0 Å². The van der Waals surface area contributed by atoms with Crippen molar-refractivity contribution in [3.05, 3.63) is 0 Å². The molecule has 0 rings (SSSR count). The van der Waals surface area contributed by atoms with Crippen LogP contribution in [0.3, 0.4) is 0 Å². The fraction of sp³-hybridized carbons (Fsp3) is 1.00. The van der Waals surface area contributed by atoms with E-state index >= 15 is 0 Å². The van der Waals surface area contributed by atoms with E-state index in [1.54, 1.807) is 0 Å². The van der Waals surface area contributed by atoms with Crippen molar-refractivity contribution in [2.75, 3.05) is 0 Å². The Morgan fingerprint density at radius 2 is 0.632 bits per heavy atom. The van der Waals surface area contributed by atoms with Gasteiger partial charge in [-0.25, -0.2) is 0 Å². The Bertz CT molecular complexity index is 224. The third-order valence-electron chi connectivity index (χ3n) is 0.566. The molecule has 0 aliphatic rings. The van der Waals surface area contributed by atoms with Crippen molar-refractivity contribution in [1.82, 2.24) is 0 Å². The zero-order valence-corrected chi connectivity index (χ0v) is 12.6. The molecular formula is C3H9AlO12P3+3. The van der Waals surface area contributed by atoms with E-state index in [2.05, 4.69) is 0 Å². The van der Waals surface area contributed by atoms with Crippen molar-refractivity contribution < 1.29 is 59.0 Å². The van der Waals surface area contributed by atoms with Crippen LogP contribution in [0.25, 0.3) is 0 Å². The van der Waals surface area contributed by atoms with Crippen LogP contribution in [0.5, 0.6) is 0 Å². The summed E-state index contributed by atoms with van der Waals surface area (Å²) in [5.41, 5.74) is 0. The molecule has 16 heteroatoms. The van der Waals surface area contributed by atoms with Crippen LogP contribution in [-0.2, 0) is 13.7 Å². The van der Waals surface area contributed by atoms with Gasteiger partial charge in [-0.3, -0.25) is 0 Å². The third kappa shape index (κ3) is 32.2. The van der Waals surface area contributed by atoms with E-state index < -0.39 is 42.2 Å². The smallest absolute Gasteiger partial charge is 0.591 e. The SMILES string of the molecule is O=[P+]([O-])C(O)O.O=[P+]([O-])C(O)O.O=[P+]([O-])C(O)O.[Al+3]. The van der Waals surface area contributed by atoms with Gasteiger partial charge in [0.2, 0.25) is 0 Å². The molecule has 108 valence electrons. The number of hydrogen-bond donors (Lipinski definition) is 6. The van der Waals surface area contributed by atoms with Crippen molar-refractivity contribution in [3.8, 4) is 0 Å². The maximum atomic E-state index is 9.24. The van der Waals surface area contributed by atoms with Gasteiger partial charge in [0, 0.05) is 0 Å². The monoisotopic (exact) mass is 357 g/mol. The topological polar surface area (TPSA) is 242 Å². The Balaban J connectivity index is -0.0000000865. The Morgan fingerprint density at radius 3 is 0.632 bits per heavy atom. The standard InChI is InChI=1S/3CH3O4P.Al/c3*2-1(3)6(4)5;/h3*1-3H;/q;;;+3. The van der Waals surface area contributed by atoms with Gasteiger partial charge in [0.05, 0.1) is 0 Å². The van der Waals surface area contributed by atoms with Crippen LogP contribution in [0.1, 0.15) is 0 Å². The quantitative estimate of drug-likeness (QED) is 0.158. The molecule has 19 heavy (non-hydrogen) atoms. The maximum Gasteiger partial charge on any atom is 3.00 e. The van der Waals surface area contributed by atoms with E-state index in [-0.39, 0.29) is 17.4 Å². The minimum atomic E-state index is -3.05. The number of hydrogen-bond acceptors (Lipinski definition) is 12. The van der Waals surface area contributed by atoms with Crippen LogP contribution >= 0.6 is 24.1 Å². The second kappa shape index (κ2) is 16.5. The van der Waals surface area contributed by atoms with Crippen molar-refractivity contribution in [2.45, 2.75) is 18.1 Å². The zero-order valence-electron chi connectivity index (χ0n) is 8.78. The maximum absolute atomic E-state index is 9.24. The molecule has 0 amide bonds. The molecule has 0 spiro atoms. The van der Waals surface area contributed by atoms with E-state index in [9.17, 15) is 28.4 Å². The fourth-order valence-electron chi connectivity index (χ4n) is 0. The molecule has 3 unspecified atom stereocenters. The number of rotatable bonds is 3. The molecule has 0 aliphatic carbocycles. The molecule has 0 aromatic carbocycles. The molecule has 3 atom stereocenters. The van der Waals surface area contributed by atoms with Gasteiger partial charge in [-0.1, -0.05) is 13.7 Å². The molecule has 0 aliphatic heterocycles. The van der Waals surface area contributed by atoms with E-state index in [4.69, 9.17) is 30.6 Å². The molecule has 0 saturated heterocycles. The molecule has 0 heterocycles. The molecular weight excluding hydrogens is 348 g/mol. The molecule has 6 N–H and O–H groups in total. The summed E-state index contributed by atoms with van der Waals surface area (Å²) >= 11 is 0. The minimum absolute atomic E-state index is 0. The first kappa shape index (κ1) is 27.8. The van der Waals surface area contributed by atoms with E-state index in [0.29, 0.717) is 0 Å². The number of aliphatic hydroxyl groups is 6. The van der Waals surface area contributed by atoms with Crippen LogP contribution in [0, 0.1) is 0 Å². The summed E-state index contributed by atoms with van der Waals surface area (Å²) < 4.78 is 27.7. The van der Waals surface area contributed by atoms with Crippen LogP contribution in [0.15, 0.2) is 0 Å². The molecule has 0 radical (unpaired) electrons. The predicted octanol–water partition coefficient (Wildman–Crippen LogP) is -5.31. The first-order valence-corrected chi connectivity index (χ1v) is 7.16. The van der Waals surface area contributed by atoms with Crippen LogP contribution in [0.4, 0.5) is 0 Å². The van der Waals surface area contributed by atoms with Gasteiger partial charge < -0.3 is 45.3 Å². The van der Waals surface area contributed by atoms with Gasteiger partial charge in [0.1, 0.15) is 0 Å². The molecule has 0 saturated carbocycles. The largest absolute Gasteiger partial charge is 3.00 e. The Labute approximate surface area is 119 Å². The predicted molar refractivity (Wildman–Crippen MR) is 53.3 cm³/mol.